The number of hydrogen-bond donors (Lipinski definition) is 3. The number of benzene rings is 3. The van der Waals surface area contributed by atoms with Crippen LogP contribution in [0.25, 0.3) is 11.3 Å². The maximum absolute atomic E-state index is 12.9. The topological polar surface area (TPSA) is 53.2 Å². The number of anilines is 2. The minimum Gasteiger partial charge on any atom is -0.354 e. The highest BCUT2D eigenvalue weighted by molar-refractivity contribution is 6.38. The van der Waals surface area contributed by atoms with Crippen molar-refractivity contribution in [3.63, 3.8) is 0 Å². The standard InChI is InChI=1S/C26H26ClN3O/c1-17(2)15-28-16-18-8-11-21(12-9-18)29-25(19-6-4-3-5-7-19)24-22-13-10-20(27)14-23(22)30-26(24)31/h3-14,17,28-29H,15-16H2,1-2H3,(H,30,31)/b25-24-. The fraction of sp³-hybridized carbons (Fsp3) is 0.192. The molecule has 0 aromatic heterocycles. The molecule has 1 aliphatic heterocycles. The number of rotatable bonds is 7. The molecule has 0 saturated heterocycles. The summed E-state index contributed by atoms with van der Waals surface area (Å²) in [6.07, 6.45) is 0. The van der Waals surface area contributed by atoms with Gasteiger partial charge in [0.2, 0.25) is 0 Å². The van der Waals surface area contributed by atoms with Gasteiger partial charge in [0, 0.05) is 22.8 Å². The lowest BCUT2D eigenvalue weighted by Crippen LogP contribution is -2.18. The van der Waals surface area contributed by atoms with E-state index in [9.17, 15) is 4.79 Å². The van der Waals surface area contributed by atoms with E-state index in [1.54, 1.807) is 6.07 Å². The molecule has 158 valence electrons. The van der Waals surface area contributed by atoms with Crippen molar-refractivity contribution >= 4 is 40.2 Å². The molecule has 1 heterocycles. The summed E-state index contributed by atoms with van der Waals surface area (Å²) in [5.74, 6) is 0.481. The van der Waals surface area contributed by atoms with E-state index < -0.39 is 0 Å². The number of amides is 1. The molecule has 0 aliphatic carbocycles. The van der Waals surface area contributed by atoms with Crippen LogP contribution < -0.4 is 16.0 Å². The second-order valence-corrected chi connectivity index (χ2v) is 8.54. The Bertz CT molecular complexity index is 1110. The van der Waals surface area contributed by atoms with E-state index in [4.69, 9.17) is 11.6 Å². The molecule has 3 N–H and O–H groups in total. The summed E-state index contributed by atoms with van der Waals surface area (Å²) >= 11 is 6.13. The maximum Gasteiger partial charge on any atom is 0.258 e. The molecular formula is C26H26ClN3O. The Morgan fingerprint density at radius 2 is 1.74 bits per heavy atom. The molecule has 31 heavy (non-hydrogen) atoms. The van der Waals surface area contributed by atoms with Gasteiger partial charge >= 0.3 is 0 Å². The maximum atomic E-state index is 12.9. The van der Waals surface area contributed by atoms with Crippen molar-refractivity contribution in [2.24, 2.45) is 5.92 Å². The predicted molar refractivity (Wildman–Crippen MR) is 130 cm³/mol. The van der Waals surface area contributed by atoms with Crippen molar-refractivity contribution in [2.75, 3.05) is 17.2 Å². The summed E-state index contributed by atoms with van der Waals surface area (Å²) in [5.41, 5.74) is 6.04. The van der Waals surface area contributed by atoms with Gasteiger partial charge in [-0.25, -0.2) is 0 Å². The second-order valence-electron chi connectivity index (χ2n) is 8.11. The number of carbonyl (C=O) groups is 1. The summed E-state index contributed by atoms with van der Waals surface area (Å²) < 4.78 is 0. The monoisotopic (exact) mass is 431 g/mol. The molecule has 3 aromatic carbocycles. The summed E-state index contributed by atoms with van der Waals surface area (Å²) in [6.45, 7) is 6.22. The summed E-state index contributed by atoms with van der Waals surface area (Å²) in [4.78, 5) is 12.9. The molecule has 1 aliphatic rings. The van der Waals surface area contributed by atoms with Crippen LogP contribution in [0.4, 0.5) is 11.4 Å². The molecule has 0 radical (unpaired) electrons. The normalized spacial score (nSPS) is 14.4. The van der Waals surface area contributed by atoms with E-state index in [-0.39, 0.29) is 5.91 Å². The van der Waals surface area contributed by atoms with Crippen LogP contribution >= 0.6 is 11.6 Å². The van der Waals surface area contributed by atoms with Crippen LogP contribution in [-0.2, 0) is 11.3 Å². The lowest BCUT2D eigenvalue weighted by molar-refractivity contribution is -0.110. The van der Waals surface area contributed by atoms with Crippen LogP contribution in [0.3, 0.4) is 0 Å². The van der Waals surface area contributed by atoms with Crippen molar-refractivity contribution < 1.29 is 4.79 Å². The molecule has 0 unspecified atom stereocenters. The van der Waals surface area contributed by atoms with Gasteiger partial charge < -0.3 is 16.0 Å². The zero-order valence-electron chi connectivity index (χ0n) is 17.7. The van der Waals surface area contributed by atoms with Gasteiger partial charge in [0.15, 0.2) is 0 Å². The quantitative estimate of drug-likeness (QED) is 0.401. The molecule has 0 atom stereocenters. The third-order valence-electron chi connectivity index (χ3n) is 5.14. The van der Waals surface area contributed by atoms with Gasteiger partial charge in [0.25, 0.3) is 5.91 Å². The highest BCUT2D eigenvalue weighted by Gasteiger charge is 2.28. The Morgan fingerprint density at radius 1 is 1.00 bits per heavy atom. The van der Waals surface area contributed by atoms with Crippen molar-refractivity contribution in [2.45, 2.75) is 20.4 Å². The fourth-order valence-corrected chi connectivity index (χ4v) is 3.80. The Labute approximate surface area is 188 Å². The average molecular weight is 432 g/mol. The molecule has 0 fully saturated rings. The Hall–Kier alpha value is -3.08. The van der Waals surface area contributed by atoms with E-state index in [1.165, 1.54) is 5.56 Å². The van der Waals surface area contributed by atoms with Gasteiger partial charge in [-0.15, -0.1) is 0 Å². The third-order valence-corrected chi connectivity index (χ3v) is 5.38. The number of halogens is 1. The second kappa shape index (κ2) is 9.38. The lowest BCUT2D eigenvalue weighted by Gasteiger charge is -2.15. The first-order chi connectivity index (χ1) is 15.0. The van der Waals surface area contributed by atoms with Gasteiger partial charge in [-0.3, -0.25) is 4.79 Å². The molecule has 4 rings (SSSR count). The van der Waals surface area contributed by atoms with Gasteiger partial charge in [-0.05, 0) is 47.9 Å². The van der Waals surface area contributed by atoms with E-state index in [0.29, 0.717) is 16.5 Å². The van der Waals surface area contributed by atoms with E-state index in [2.05, 4.69) is 41.9 Å². The van der Waals surface area contributed by atoms with Crippen LogP contribution in [-0.4, -0.2) is 12.5 Å². The number of hydrogen-bond acceptors (Lipinski definition) is 3. The molecule has 4 nitrogen and oxygen atoms in total. The summed E-state index contributed by atoms with van der Waals surface area (Å²) in [7, 11) is 0. The summed E-state index contributed by atoms with van der Waals surface area (Å²) in [6, 6.07) is 23.7. The molecular weight excluding hydrogens is 406 g/mol. The van der Waals surface area contributed by atoms with Gasteiger partial charge in [0.1, 0.15) is 0 Å². The Morgan fingerprint density at radius 3 is 2.45 bits per heavy atom. The van der Waals surface area contributed by atoms with Crippen molar-refractivity contribution in [1.82, 2.24) is 5.32 Å². The first kappa shape index (κ1) is 21.2. The molecule has 0 bridgehead atoms. The predicted octanol–water partition coefficient (Wildman–Crippen LogP) is 6.02. The van der Waals surface area contributed by atoms with Gasteiger partial charge in [0.05, 0.1) is 17.0 Å². The third kappa shape index (κ3) is 4.98. The minimum absolute atomic E-state index is 0.141. The van der Waals surface area contributed by atoms with Crippen molar-refractivity contribution in [3.05, 3.63) is 94.5 Å². The zero-order valence-corrected chi connectivity index (χ0v) is 18.5. The number of carbonyl (C=O) groups excluding carboxylic acids is 1. The highest BCUT2D eigenvalue weighted by atomic mass is 35.5. The molecule has 3 aromatic rings. The summed E-state index contributed by atoms with van der Waals surface area (Å²) in [5, 5.41) is 10.5. The van der Waals surface area contributed by atoms with Crippen LogP contribution in [0.2, 0.25) is 5.02 Å². The molecule has 5 heteroatoms. The van der Waals surface area contributed by atoms with Crippen molar-refractivity contribution in [3.8, 4) is 0 Å². The first-order valence-corrected chi connectivity index (χ1v) is 10.9. The van der Waals surface area contributed by atoms with Crippen LogP contribution in [0.15, 0.2) is 72.8 Å². The largest absolute Gasteiger partial charge is 0.354 e. The van der Waals surface area contributed by atoms with E-state index in [0.717, 1.165) is 41.3 Å². The van der Waals surface area contributed by atoms with Crippen molar-refractivity contribution in [1.29, 1.82) is 0 Å². The molecule has 0 saturated carbocycles. The zero-order chi connectivity index (χ0) is 21.8. The van der Waals surface area contributed by atoms with Gasteiger partial charge in [-0.2, -0.15) is 0 Å². The lowest BCUT2D eigenvalue weighted by atomic mass is 10.00. The Kier molecular flexibility index (Phi) is 6.40. The van der Waals surface area contributed by atoms with E-state index >= 15 is 0 Å². The van der Waals surface area contributed by atoms with Crippen LogP contribution in [0.5, 0.6) is 0 Å². The first-order valence-electron chi connectivity index (χ1n) is 10.5. The number of nitrogens with one attached hydrogen (secondary N) is 3. The highest BCUT2D eigenvalue weighted by Crippen LogP contribution is 2.38. The SMILES string of the molecule is CC(C)CNCc1ccc(N/C(=C2\C(=O)Nc3cc(Cl)ccc32)c2ccccc2)cc1. The number of fused-ring (bicyclic) bond motifs is 1. The molecule has 0 spiro atoms. The fourth-order valence-electron chi connectivity index (χ4n) is 3.63. The minimum atomic E-state index is -0.141. The van der Waals surface area contributed by atoms with Crippen LogP contribution in [0, 0.1) is 5.92 Å². The Balaban J connectivity index is 1.67. The average Bonchev–Trinajstić information content (AvgIpc) is 3.08. The van der Waals surface area contributed by atoms with Crippen LogP contribution in [0.1, 0.15) is 30.5 Å². The molecule has 1 amide bonds. The van der Waals surface area contributed by atoms with E-state index in [1.807, 2.05) is 54.6 Å². The smallest absolute Gasteiger partial charge is 0.258 e. The van der Waals surface area contributed by atoms with Gasteiger partial charge in [-0.1, -0.05) is 74.0 Å².